The minimum atomic E-state index is -0.513. The van der Waals surface area contributed by atoms with Gasteiger partial charge in [-0.15, -0.1) is 0 Å². The van der Waals surface area contributed by atoms with E-state index in [9.17, 15) is 14.4 Å². The molecule has 9 heteroatoms. The summed E-state index contributed by atoms with van der Waals surface area (Å²) in [7, 11) is 0. The number of benzene rings is 2. The Balaban J connectivity index is 1.69. The van der Waals surface area contributed by atoms with Crippen LogP contribution < -0.4 is 10.1 Å². The van der Waals surface area contributed by atoms with Crippen molar-refractivity contribution in [3.63, 3.8) is 0 Å². The standard InChI is InChI=1S/C21H16ClIN2O4S/c1-2-9-29-17-8-7-13(10-15(17)23)11-18-20(27)25(21(28)30-18)12-19(26)24-16-6-4-3-5-14(16)22/h2-8,10-11H,1,9,12H2,(H,24,26)/b18-11+. The average molecular weight is 555 g/mol. The SMILES string of the molecule is C=CCOc1ccc(/C=C2/SC(=O)N(CC(=O)Nc3ccccc3Cl)C2=O)cc1I. The fourth-order valence-corrected chi connectivity index (χ4v) is 4.27. The quantitative estimate of drug-likeness (QED) is 0.290. The van der Waals surface area contributed by atoms with E-state index in [1.54, 1.807) is 48.6 Å². The van der Waals surface area contributed by atoms with Crippen LogP contribution in [0.3, 0.4) is 0 Å². The maximum atomic E-state index is 12.6. The topological polar surface area (TPSA) is 75.7 Å². The number of carbonyl (C=O) groups excluding carboxylic acids is 3. The highest BCUT2D eigenvalue weighted by Crippen LogP contribution is 2.33. The molecule has 0 spiro atoms. The summed E-state index contributed by atoms with van der Waals surface area (Å²) in [6.45, 7) is 3.62. The molecule has 0 aliphatic carbocycles. The fourth-order valence-electron chi connectivity index (χ4n) is 2.56. The first-order valence-corrected chi connectivity index (χ1v) is 11.0. The molecule has 3 amide bonds. The summed E-state index contributed by atoms with van der Waals surface area (Å²) in [5, 5.41) is 2.48. The van der Waals surface area contributed by atoms with E-state index < -0.39 is 17.1 Å². The molecule has 2 aromatic carbocycles. The van der Waals surface area contributed by atoms with Gasteiger partial charge >= 0.3 is 0 Å². The Morgan fingerprint density at radius 3 is 2.73 bits per heavy atom. The van der Waals surface area contributed by atoms with Crippen LogP contribution in [0.5, 0.6) is 5.75 Å². The third kappa shape index (κ3) is 5.44. The number of imide groups is 1. The van der Waals surface area contributed by atoms with Gasteiger partial charge in [0.1, 0.15) is 18.9 Å². The molecule has 6 nitrogen and oxygen atoms in total. The number of thioether (sulfide) groups is 1. The molecule has 1 saturated heterocycles. The molecular weight excluding hydrogens is 539 g/mol. The second-order valence-corrected chi connectivity index (χ2v) is 8.65. The number of ether oxygens (including phenoxy) is 1. The van der Waals surface area contributed by atoms with E-state index in [0.29, 0.717) is 23.1 Å². The molecule has 0 aromatic heterocycles. The smallest absolute Gasteiger partial charge is 0.294 e. The van der Waals surface area contributed by atoms with Gasteiger partial charge < -0.3 is 10.1 Å². The molecule has 0 saturated carbocycles. The Morgan fingerprint density at radius 2 is 2.03 bits per heavy atom. The van der Waals surface area contributed by atoms with Crippen molar-refractivity contribution >= 4 is 74.8 Å². The van der Waals surface area contributed by atoms with Gasteiger partial charge in [-0.2, -0.15) is 0 Å². The highest BCUT2D eigenvalue weighted by atomic mass is 127. The van der Waals surface area contributed by atoms with Gasteiger partial charge in [-0.1, -0.05) is 42.5 Å². The zero-order valence-electron chi connectivity index (χ0n) is 15.6. The van der Waals surface area contributed by atoms with Crippen molar-refractivity contribution < 1.29 is 19.1 Å². The molecule has 0 unspecified atom stereocenters. The van der Waals surface area contributed by atoms with Gasteiger partial charge in [-0.3, -0.25) is 19.3 Å². The van der Waals surface area contributed by atoms with Crippen LogP contribution in [0.2, 0.25) is 5.02 Å². The Morgan fingerprint density at radius 1 is 1.27 bits per heavy atom. The molecule has 30 heavy (non-hydrogen) atoms. The first-order chi connectivity index (χ1) is 14.4. The Labute approximate surface area is 196 Å². The molecular formula is C21H16ClIN2O4S. The zero-order chi connectivity index (χ0) is 21.7. The molecule has 154 valence electrons. The number of nitrogens with one attached hydrogen (secondary N) is 1. The Kier molecular flexibility index (Phi) is 7.57. The summed E-state index contributed by atoms with van der Waals surface area (Å²) < 4.78 is 6.40. The number of hydrogen-bond donors (Lipinski definition) is 1. The monoisotopic (exact) mass is 554 g/mol. The van der Waals surface area contributed by atoms with Gasteiger partial charge in [0.2, 0.25) is 5.91 Å². The lowest BCUT2D eigenvalue weighted by atomic mass is 10.2. The summed E-state index contributed by atoms with van der Waals surface area (Å²) in [5.41, 5.74) is 1.16. The van der Waals surface area contributed by atoms with Gasteiger partial charge in [-0.05, 0) is 70.3 Å². The molecule has 0 atom stereocenters. The third-order valence-electron chi connectivity index (χ3n) is 3.93. The summed E-state index contributed by atoms with van der Waals surface area (Å²) in [6, 6.07) is 12.2. The minimum Gasteiger partial charge on any atom is -0.488 e. The van der Waals surface area contributed by atoms with Crippen molar-refractivity contribution in [3.8, 4) is 5.75 Å². The van der Waals surface area contributed by atoms with Crippen LogP contribution >= 0.6 is 46.0 Å². The van der Waals surface area contributed by atoms with Crippen LogP contribution in [-0.2, 0) is 9.59 Å². The van der Waals surface area contributed by atoms with Gasteiger partial charge in [0.05, 0.1) is 19.2 Å². The molecule has 1 fully saturated rings. The van der Waals surface area contributed by atoms with E-state index in [1.807, 2.05) is 6.07 Å². The lowest BCUT2D eigenvalue weighted by Crippen LogP contribution is -2.36. The Hall–Kier alpha value is -2.30. The average Bonchev–Trinajstić information content (AvgIpc) is 2.96. The van der Waals surface area contributed by atoms with Crippen molar-refractivity contribution in [2.45, 2.75) is 0 Å². The predicted molar refractivity (Wildman–Crippen MR) is 128 cm³/mol. The van der Waals surface area contributed by atoms with E-state index in [2.05, 4.69) is 34.5 Å². The number of anilines is 1. The first-order valence-electron chi connectivity index (χ1n) is 8.72. The predicted octanol–water partition coefficient (Wildman–Crippen LogP) is 5.18. The largest absolute Gasteiger partial charge is 0.488 e. The van der Waals surface area contributed by atoms with Crippen molar-refractivity contribution in [1.82, 2.24) is 4.90 Å². The molecule has 0 bridgehead atoms. The number of hydrogen-bond acceptors (Lipinski definition) is 5. The van der Waals surface area contributed by atoms with Crippen molar-refractivity contribution in [1.29, 1.82) is 0 Å². The van der Waals surface area contributed by atoms with Crippen LogP contribution in [0.4, 0.5) is 10.5 Å². The third-order valence-corrected chi connectivity index (χ3v) is 6.01. The van der Waals surface area contributed by atoms with Gasteiger partial charge in [-0.25, -0.2) is 0 Å². The second kappa shape index (κ2) is 10.1. The fraction of sp³-hybridized carbons (Fsp3) is 0.0952. The van der Waals surface area contributed by atoms with Crippen LogP contribution in [0.15, 0.2) is 60.0 Å². The minimum absolute atomic E-state index is 0.251. The first kappa shape index (κ1) is 22.4. The van der Waals surface area contributed by atoms with Crippen LogP contribution in [0.1, 0.15) is 5.56 Å². The van der Waals surface area contributed by atoms with Gasteiger partial charge in [0.15, 0.2) is 0 Å². The highest BCUT2D eigenvalue weighted by Gasteiger charge is 2.36. The van der Waals surface area contributed by atoms with Crippen LogP contribution in [0.25, 0.3) is 6.08 Å². The zero-order valence-corrected chi connectivity index (χ0v) is 19.3. The van der Waals surface area contributed by atoms with E-state index in [0.717, 1.165) is 25.8 Å². The number of rotatable bonds is 7. The van der Waals surface area contributed by atoms with E-state index >= 15 is 0 Å². The van der Waals surface area contributed by atoms with Crippen molar-refractivity contribution in [2.24, 2.45) is 0 Å². The summed E-state index contributed by atoms with van der Waals surface area (Å²) in [6.07, 6.45) is 3.28. The van der Waals surface area contributed by atoms with E-state index in [4.69, 9.17) is 16.3 Å². The molecule has 3 rings (SSSR count). The molecule has 1 heterocycles. The summed E-state index contributed by atoms with van der Waals surface area (Å²) in [4.78, 5) is 38.4. The normalized spacial score (nSPS) is 14.9. The number of para-hydroxylation sites is 1. The van der Waals surface area contributed by atoms with E-state index in [-0.39, 0.29) is 11.4 Å². The van der Waals surface area contributed by atoms with Crippen molar-refractivity contribution in [3.05, 3.63) is 74.2 Å². The molecule has 1 aliphatic heterocycles. The highest BCUT2D eigenvalue weighted by molar-refractivity contribution is 14.1. The van der Waals surface area contributed by atoms with Gasteiger partial charge in [0, 0.05) is 0 Å². The van der Waals surface area contributed by atoms with E-state index in [1.165, 1.54) is 0 Å². The lowest BCUT2D eigenvalue weighted by Gasteiger charge is -2.13. The summed E-state index contributed by atoms with van der Waals surface area (Å²) >= 11 is 8.95. The molecule has 0 radical (unpaired) electrons. The number of carbonyl (C=O) groups is 3. The maximum Gasteiger partial charge on any atom is 0.294 e. The Bertz CT molecular complexity index is 1060. The van der Waals surface area contributed by atoms with Crippen molar-refractivity contribution in [2.75, 3.05) is 18.5 Å². The van der Waals surface area contributed by atoms with Crippen LogP contribution in [0, 0.1) is 3.57 Å². The lowest BCUT2D eigenvalue weighted by molar-refractivity contribution is -0.127. The second-order valence-electron chi connectivity index (χ2n) is 6.09. The molecule has 1 N–H and O–H groups in total. The number of amides is 3. The van der Waals surface area contributed by atoms with Crippen LogP contribution in [-0.4, -0.2) is 35.1 Å². The summed E-state index contributed by atoms with van der Waals surface area (Å²) in [5.74, 6) is -0.316. The maximum absolute atomic E-state index is 12.6. The number of halogens is 2. The van der Waals surface area contributed by atoms with Gasteiger partial charge in [0.25, 0.3) is 11.1 Å². The molecule has 2 aromatic rings. The number of nitrogens with zero attached hydrogens (tertiary/aromatic N) is 1. The molecule has 1 aliphatic rings.